The van der Waals surface area contributed by atoms with Crippen LogP contribution in [0.2, 0.25) is 0 Å². The van der Waals surface area contributed by atoms with Crippen molar-refractivity contribution in [2.24, 2.45) is 5.73 Å². The number of aromatic nitrogens is 3. The molecule has 0 aliphatic rings. The van der Waals surface area contributed by atoms with Crippen molar-refractivity contribution in [1.29, 1.82) is 0 Å². The van der Waals surface area contributed by atoms with Crippen molar-refractivity contribution in [2.75, 3.05) is 5.32 Å². The molecule has 0 radical (unpaired) electrons. The van der Waals surface area contributed by atoms with Crippen LogP contribution in [0.3, 0.4) is 0 Å². The van der Waals surface area contributed by atoms with Gasteiger partial charge in [0.25, 0.3) is 5.91 Å². The number of thiophene rings is 1. The van der Waals surface area contributed by atoms with Crippen molar-refractivity contribution in [1.82, 2.24) is 14.8 Å². The molecule has 2 amide bonds. The summed E-state index contributed by atoms with van der Waals surface area (Å²) in [5.41, 5.74) is 3.16. The molecule has 0 bridgehead atoms. The maximum absolute atomic E-state index is 13.6. The summed E-state index contributed by atoms with van der Waals surface area (Å²) in [7, 11) is 0. The fourth-order valence-electron chi connectivity index (χ4n) is 3.56. The van der Waals surface area contributed by atoms with Gasteiger partial charge in [0.2, 0.25) is 5.91 Å². The van der Waals surface area contributed by atoms with Crippen LogP contribution in [0.4, 0.5) is 32.0 Å². The highest BCUT2D eigenvalue weighted by Gasteiger charge is 2.38. The number of hydrogen-bond acceptors (Lipinski definition) is 5. The highest BCUT2D eigenvalue weighted by Crippen LogP contribution is 2.43. The smallest absolute Gasteiger partial charge is 0.365 e. The second kappa shape index (κ2) is 9.45. The van der Waals surface area contributed by atoms with Crippen LogP contribution < -0.4 is 11.1 Å². The van der Waals surface area contributed by atoms with E-state index in [1.807, 2.05) is 0 Å². The zero-order valence-corrected chi connectivity index (χ0v) is 20.9. The van der Waals surface area contributed by atoms with Gasteiger partial charge in [-0.25, -0.2) is 4.98 Å². The molecule has 0 fully saturated rings. The van der Waals surface area contributed by atoms with E-state index in [0.717, 1.165) is 10.7 Å². The number of hydrogen-bond donors (Lipinski definition) is 2. The molecule has 194 valence electrons. The fraction of sp³-hybridized carbons (Fsp3) is 0.182. The normalized spacial score (nSPS) is 12.2. The summed E-state index contributed by atoms with van der Waals surface area (Å²) >= 11 is 3.37. The van der Waals surface area contributed by atoms with Gasteiger partial charge in [0, 0.05) is 5.39 Å². The summed E-state index contributed by atoms with van der Waals surface area (Å²) < 4.78 is 80.7. The van der Waals surface area contributed by atoms with E-state index in [1.165, 1.54) is 19.1 Å². The van der Waals surface area contributed by atoms with Crippen molar-refractivity contribution in [3.8, 4) is 11.1 Å². The molecule has 37 heavy (non-hydrogen) atoms. The molecule has 4 rings (SSSR count). The van der Waals surface area contributed by atoms with Crippen molar-refractivity contribution < 1.29 is 35.9 Å². The Labute approximate surface area is 216 Å². The Hall–Kier alpha value is -3.46. The molecule has 3 aromatic heterocycles. The molecule has 7 nitrogen and oxygen atoms in total. The SMILES string of the molecule is Cc1c(Br)c(C(F)(F)F)nn1CC(=O)Nc1c(C(N)=O)sc2nc(C(F)(F)F)cc(-c3ccccc3)c12. The molecule has 0 saturated heterocycles. The minimum Gasteiger partial charge on any atom is -0.365 e. The summed E-state index contributed by atoms with van der Waals surface area (Å²) in [5, 5.41) is 5.88. The van der Waals surface area contributed by atoms with Crippen LogP contribution >= 0.6 is 27.3 Å². The first-order chi connectivity index (χ1) is 17.2. The third kappa shape index (κ3) is 5.18. The molecule has 0 atom stereocenters. The average molecular weight is 606 g/mol. The van der Waals surface area contributed by atoms with Gasteiger partial charge in [0.1, 0.15) is 21.9 Å². The van der Waals surface area contributed by atoms with E-state index in [-0.39, 0.29) is 36.5 Å². The predicted molar refractivity (Wildman–Crippen MR) is 127 cm³/mol. The summed E-state index contributed by atoms with van der Waals surface area (Å²) in [6.45, 7) is 0.620. The largest absolute Gasteiger partial charge is 0.436 e. The van der Waals surface area contributed by atoms with Crippen LogP contribution in [0.1, 0.15) is 26.8 Å². The van der Waals surface area contributed by atoms with Gasteiger partial charge in [-0.1, -0.05) is 30.3 Å². The molecule has 0 saturated carbocycles. The Morgan fingerprint density at radius 1 is 1.11 bits per heavy atom. The van der Waals surface area contributed by atoms with E-state index in [9.17, 15) is 35.9 Å². The predicted octanol–water partition coefficient (Wildman–Crippen LogP) is 6.01. The first-order valence-electron chi connectivity index (χ1n) is 10.2. The monoisotopic (exact) mass is 605 g/mol. The lowest BCUT2D eigenvalue weighted by atomic mass is 10.0. The summed E-state index contributed by atoms with van der Waals surface area (Å²) in [6, 6.07) is 8.68. The number of halogens is 7. The van der Waals surface area contributed by atoms with Crippen molar-refractivity contribution in [3.05, 3.63) is 62.8 Å². The zero-order chi connectivity index (χ0) is 27.3. The fourth-order valence-corrected chi connectivity index (χ4v) is 5.07. The quantitative estimate of drug-likeness (QED) is 0.272. The molecule has 15 heteroatoms. The standard InChI is InChI=1S/C22H14BrF6N5O2S/c1-9-15(23)18(22(27,28)29)33-34(9)8-13(35)32-16-14-11(10-5-3-2-4-6-10)7-12(21(24,25)26)31-20(14)37-17(16)19(30)36/h2-7H,8H2,1H3,(H2,30,36)(H,32,35). The maximum atomic E-state index is 13.6. The number of pyridine rings is 1. The molecule has 3 N–H and O–H groups in total. The number of fused-ring (bicyclic) bond motifs is 1. The highest BCUT2D eigenvalue weighted by atomic mass is 79.9. The number of carbonyl (C=O) groups excluding carboxylic acids is 2. The number of benzene rings is 1. The van der Waals surface area contributed by atoms with Gasteiger partial charge >= 0.3 is 12.4 Å². The second-order valence-electron chi connectivity index (χ2n) is 7.72. The topological polar surface area (TPSA) is 103 Å². The Kier molecular flexibility index (Phi) is 6.79. The van der Waals surface area contributed by atoms with E-state index in [4.69, 9.17) is 5.73 Å². The Morgan fingerprint density at radius 2 is 1.76 bits per heavy atom. The molecule has 1 aromatic carbocycles. The third-order valence-electron chi connectivity index (χ3n) is 5.22. The van der Waals surface area contributed by atoms with Gasteiger partial charge in [-0.15, -0.1) is 11.3 Å². The zero-order valence-electron chi connectivity index (χ0n) is 18.5. The lowest BCUT2D eigenvalue weighted by Gasteiger charge is -2.12. The molecule has 4 aromatic rings. The van der Waals surface area contributed by atoms with E-state index >= 15 is 0 Å². The first kappa shape index (κ1) is 26.6. The van der Waals surface area contributed by atoms with E-state index < -0.39 is 42.1 Å². The van der Waals surface area contributed by atoms with Crippen molar-refractivity contribution in [3.63, 3.8) is 0 Å². The second-order valence-corrected chi connectivity index (χ2v) is 9.51. The minimum absolute atomic E-state index is 0.00855. The number of amides is 2. The number of alkyl halides is 6. The van der Waals surface area contributed by atoms with Gasteiger partial charge in [-0.3, -0.25) is 14.3 Å². The number of nitrogens with zero attached hydrogens (tertiary/aromatic N) is 3. The van der Waals surface area contributed by atoms with Crippen LogP contribution in [-0.2, 0) is 23.7 Å². The van der Waals surface area contributed by atoms with Crippen molar-refractivity contribution in [2.45, 2.75) is 25.8 Å². The number of anilines is 1. The molecule has 0 unspecified atom stereocenters. The number of carbonyl (C=O) groups is 2. The lowest BCUT2D eigenvalue weighted by molar-refractivity contribution is -0.142. The minimum atomic E-state index is -4.81. The van der Waals surface area contributed by atoms with Crippen LogP contribution in [0.5, 0.6) is 0 Å². The Balaban J connectivity index is 1.84. The van der Waals surface area contributed by atoms with Gasteiger partial charge in [0.05, 0.1) is 15.9 Å². The van der Waals surface area contributed by atoms with E-state index in [0.29, 0.717) is 16.9 Å². The van der Waals surface area contributed by atoms with Crippen LogP contribution in [-0.4, -0.2) is 26.6 Å². The molecule has 0 aliphatic heterocycles. The first-order valence-corrected chi connectivity index (χ1v) is 11.8. The van der Waals surface area contributed by atoms with Gasteiger partial charge in [0.15, 0.2) is 5.69 Å². The highest BCUT2D eigenvalue weighted by molar-refractivity contribution is 9.10. The van der Waals surface area contributed by atoms with Crippen molar-refractivity contribution >= 4 is 55.0 Å². The maximum Gasteiger partial charge on any atom is 0.436 e. The van der Waals surface area contributed by atoms with E-state index in [2.05, 4.69) is 31.3 Å². The lowest BCUT2D eigenvalue weighted by Crippen LogP contribution is -2.22. The average Bonchev–Trinajstić information content (AvgIpc) is 3.31. The summed E-state index contributed by atoms with van der Waals surface area (Å²) in [5.74, 6) is -1.93. The summed E-state index contributed by atoms with van der Waals surface area (Å²) in [4.78, 5) is 28.2. The third-order valence-corrected chi connectivity index (χ3v) is 7.27. The van der Waals surface area contributed by atoms with Crippen LogP contribution in [0.25, 0.3) is 21.3 Å². The Morgan fingerprint density at radius 3 is 2.30 bits per heavy atom. The molecular weight excluding hydrogens is 592 g/mol. The van der Waals surface area contributed by atoms with E-state index in [1.54, 1.807) is 18.2 Å². The number of nitrogens with one attached hydrogen (secondary N) is 1. The number of nitrogens with two attached hydrogens (primary N) is 1. The molecule has 3 heterocycles. The summed E-state index contributed by atoms with van der Waals surface area (Å²) in [6.07, 6.45) is -9.58. The number of primary amides is 1. The molecule has 0 aliphatic carbocycles. The Bertz CT molecular complexity index is 1530. The van der Waals surface area contributed by atoms with Crippen LogP contribution in [0, 0.1) is 6.92 Å². The van der Waals surface area contributed by atoms with Gasteiger partial charge < -0.3 is 11.1 Å². The van der Waals surface area contributed by atoms with Crippen LogP contribution in [0.15, 0.2) is 40.9 Å². The number of rotatable bonds is 5. The molecular formula is C22H14BrF6N5O2S. The van der Waals surface area contributed by atoms with Gasteiger partial charge in [-0.2, -0.15) is 31.4 Å². The molecule has 0 spiro atoms. The van der Waals surface area contributed by atoms with Gasteiger partial charge in [-0.05, 0) is 40.0 Å².